The predicted molar refractivity (Wildman–Crippen MR) is 106 cm³/mol. The van der Waals surface area contributed by atoms with E-state index in [0.717, 1.165) is 29.0 Å². The van der Waals surface area contributed by atoms with Crippen LogP contribution in [0, 0.1) is 5.92 Å². The number of nitrogens with one attached hydrogen (secondary N) is 2. The van der Waals surface area contributed by atoms with Gasteiger partial charge in [-0.15, -0.1) is 0 Å². The molecule has 1 aromatic heterocycles. The Balaban J connectivity index is 1.43. The third-order valence-electron chi connectivity index (χ3n) is 4.89. The van der Waals surface area contributed by atoms with Crippen molar-refractivity contribution in [3.8, 4) is 22.6 Å². The van der Waals surface area contributed by atoms with E-state index in [0.29, 0.717) is 30.2 Å². The Kier molecular flexibility index (Phi) is 4.89. The lowest BCUT2D eigenvalue weighted by Crippen LogP contribution is -2.35. The Morgan fingerprint density at radius 1 is 1.32 bits per heavy atom. The summed E-state index contributed by atoms with van der Waals surface area (Å²) in [5.41, 5.74) is 8.92. The smallest absolute Gasteiger partial charge is 0.270 e. The molecule has 1 unspecified atom stereocenters. The first-order valence-electron chi connectivity index (χ1n) is 9.13. The summed E-state index contributed by atoms with van der Waals surface area (Å²) in [5.74, 6) is 1.87. The average molecular weight is 378 g/mol. The number of hydrogen-bond acceptors (Lipinski definition) is 5. The summed E-state index contributed by atoms with van der Waals surface area (Å²) < 4.78 is 11.1. The minimum absolute atomic E-state index is 0.185. The number of nitrogens with two attached hydrogens (primary N) is 1. The van der Waals surface area contributed by atoms with Crippen LogP contribution in [-0.2, 0) is 6.42 Å². The summed E-state index contributed by atoms with van der Waals surface area (Å²) in [5, 5.41) is 9.74. The minimum Gasteiger partial charge on any atom is -0.497 e. The maximum Gasteiger partial charge on any atom is 0.270 e. The number of rotatable bonds is 5. The lowest BCUT2D eigenvalue weighted by atomic mass is 9.96. The van der Waals surface area contributed by atoms with Crippen molar-refractivity contribution in [1.82, 2.24) is 15.5 Å². The van der Waals surface area contributed by atoms with Crippen LogP contribution in [-0.4, -0.2) is 36.4 Å². The summed E-state index contributed by atoms with van der Waals surface area (Å²) >= 11 is 0. The highest BCUT2D eigenvalue weighted by Gasteiger charge is 2.23. The van der Waals surface area contributed by atoms with Gasteiger partial charge < -0.3 is 20.5 Å². The summed E-state index contributed by atoms with van der Waals surface area (Å²) in [6.45, 7) is 1.04. The molecule has 0 fully saturated rings. The van der Waals surface area contributed by atoms with Gasteiger partial charge in [0.25, 0.3) is 5.91 Å². The number of carbonyl (C=O) groups is 1. The number of methoxy groups -OCH3 is 1. The molecule has 0 spiro atoms. The Morgan fingerprint density at radius 3 is 2.93 bits per heavy atom. The molecule has 7 nitrogen and oxygen atoms in total. The minimum atomic E-state index is -0.233. The molecule has 0 aliphatic carbocycles. The van der Waals surface area contributed by atoms with Gasteiger partial charge in [-0.1, -0.05) is 36.4 Å². The van der Waals surface area contributed by atoms with Crippen molar-refractivity contribution in [2.24, 2.45) is 5.92 Å². The van der Waals surface area contributed by atoms with E-state index in [9.17, 15) is 4.79 Å². The molecular weight excluding hydrogens is 356 g/mol. The number of fused-ring (bicyclic) bond motifs is 1. The van der Waals surface area contributed by atoms with Gasteiger partial charge in [0.2, 0.25) is 0 Å². The molecule has 0 radical (unpaired) electrons. The van der Waals surface area contributed by atoms with Crippen molar-refractivity contribution in [2.75, 3.05) is 26.0 Å². The van der Waals surface area contributed by atoms with Crippen LogP contribution in [0.3, 0.4) is 0 Å². The van der Waals surface area contributed by atoms with Gasteiger partial charge >= 0.3 is 0 Å². The second-order valence-corrected chi connectivity index (χ2v) is 6.79. The number of hydrogen-bond donors (Lipinski definition) is 3. The van der Waals surface area contributed by atoms with Crippen LogP contribution in [0.2, 0.25) is 0 Å². The van der Waals surface area contributed by atoms with E-state index in [1.54, 1.807) is 7.11 Å². The van der Waals surface area contributed by atoms with Crippen LogP contribution in [0.5, 0.6) is 11.5 Å². The predicted octanol–water partition coefficient (Wildman–Crippen LogP) is 2.65. The zero-order valence-electron chi connectivity index (χ0n) is 15.6. The van der Waals surface area contributed by atoms with E-state index in [-0.39, 0.29) is 11.8 Å². The van der Waals surface area contributed by atoms with Gasteiger partial charge in [0, 0.05) is 18.5 Å². The summed E-state index contributed by atoms with van der Waals surface area (Å²) in [4.78, 5) is 12.7. The zero-order chi connectivity index (χ0) is 19.5. The number of carbonyl (C=O) groups excluding carboxylic acids is 1. The van der Waals surface area contributed by atoms with Crippen molar-refractivity contribution >= 4 is 11.7 Å². The normalized spacial score (nSPS) is 15.4. The fourth-order valence-electron chi connectivity index (χ4n) is 3.42. The van der Waals surface area contributed by atoms with Crippen molar-refractivity contribution in [1.29, 1.82) is 0 Å². The Morgan fingerprint density at radius 2 is 2.14 bits per heavy atom. The van der Waals surface area contributed by atoms with Gasteiger partial charge in [-0.2, -0.15) is 5.10 Å². The fraction of sp³-hybridized carbons (Fsp3) is 0.238. The maximum atomic E-state index is 12.7. The molecule has 144 valence electrons. The van der Waals surface area contributed by atoms with Crippen molar-refractivity contribution in [2.45, 2.75) is 6.42 Å². The number of anilines is 1. The molecule has 4 N–H and O–H groups in total. The highest BCUT2D eigenvalue weighted by atomic mass is 16.5. The molecule has 1 aliphatic rings. The first-order chi connectivity index (χ1) is 13.7. The lowest BCUT2D eigenvalue weighted by Gasteiger charge is -2.25. The van der Waals surface area contributed by atoms with E-state index >= 15 is 0 Å². The maximum absolute atomic E-state index is 12.7. The van der Waals surface area contributed by atoms with E-state index in [1.807, 2.05) is 48.5 Å². The van der Waals surface area contributed by atoms with Crippen LogP contribution in [0.4, 0.5) is 5.82 Å². The molecule has 0 saturated carbocycles. The third-order valence-corrected chi connectivity index (χ3v) is 4.89. The molecule has 0 saturated heterocycles. The van der Waals surface area contributed by atoms with E-state index < -0.39 is 0 Å². The molecular formula is C21H22N4O3. The number of nitrogen functional groups attached to an aromatic ring is 1. The van der Waals surface area contributed by atoms with Crippen LogP contribution in [0.1, 0.15) is 16.1 Å². The monoisotopic (exact) mass is 378 g/mol. The Hall–Kier alpha value is -3.48. The Bertz CT molecular complexity index is 985. The lowest BCUT2D eigenvalue weighted by molar-refractivity contribution is 0.0934. The molecule has 2 heterocycles. The van der Waals surface area contributed by atoms with E-state index in [1.165, 1.54) is 0 Å². The van der Waals surface area contributed by atoms with Gasteiger partial charge in [-0.25, -0.2) is 0 Å². The highest BCUT2D eigenvalue weighted by Crippen LogP contribution is 2.31. The molecule has 1 amide bonds. The van der Waals surface area contributed by atoms with Crippen LogP contribution < -0.4 is 20.5 Å². The van der Waals surface area contributed by atoms with E-state index in [4.69, 9.17) is 15.2 Å². The summed E-state index contributed by atoms with van der Waals surface area (Å²) in [6.07, 6.45) is 0.830. The summed E-state index contributed by atoms with van der Waals surface area (Å²) in [7, 11) is 1.63. The molecule has 1 atom stereocenters. The van der Waals surface area contributed by atoms with Crippen molar-refractivity contribution < 1.29 is 14.3 Å². The second-order valence-electron chi connectivity index (χ2n) is 6.79. The van der Waals surface area contributed by atoms with Gasteiger partial charge in [0.05, 0.1) is 19.3 Å². The fourth-order valence-corrected chi connectivity index (χ4v) is 3.42. The highest BCUT2D eigenvalue weighted by molar-refractivity contribution is 6.01. The number of ether oxygens (including phenoxy) is 2. The summed E-state index contributed by atoms with van der Waals surface area (Å²) in [6, 6.07) is 15.3. The second kappa shape index (κ2) is 7.64. The molecule has 3 aromatic rings. The molecule has 0 bridgehead atoms. The number of amides is 1. The quantitative estimate of drug-likeness (QED) is 0.633. The van der Waals surface area contributed by atoms with Gasteiger partial charge in [-0.05, 0) is 23.6 Å². The molecule has 7 heteroatoms. The average Bonchev–Trinajstić information content (AvgIpc) is 3.13. The van der Waals surface area contributed by atoms with Gasteiger partial charge in [0.1, 0.15) is 17.2 Å². The van der Waals surface area contributed by atoms with E-state index in [2.05, 4.69) is 15.5 Å². The standard InChI is InChI=1S/C21H22N4O3/c1-27-16-8-7-15-9-13(12-28-17(15)10-16)11-23-21(26)19-18(20(22)25-24-19)14-5-3-2-4-6-14/h2-8,10,13H,9,11-12H2,1H3,(H,23,26)(H3,22,24,25). The number of nitrogens with zero attached hydrogens (tertiary/aromatic N) is 1. The van der Waals surface area contributed by atoms with Crippen LogP contribution in [0.15, 0.2) is 48.5 Å². The topological polar surface area (TPSA) is 102 Å². The number of aromatic amines is 1. The number of benzene rings is 2. The largest absolute Gasteiger partial charge is 0.497 e. The number of aromatic nitrogens is 2. The SMILES string of the molecule is COc1ccc2c(c1)OCC(CNC(=O)c1[nH]nc(N)c1-c1ccccc1)C2. The van der Waals surface area contributed by atoms with Gasteiger partial charge in [-0.3, -0.25) is 9.89 Å². The zero-order valence-corrected chi connectivity index (χ0v) is 15.6. The third kappa shape index (κ3) is 3.51. The van der Waals surface area contributed by atoms with Crippen molar-refractivity contribution in [3.05, 3.63) is 59.8 Å². The Labute approximate surface area is 162 Å². The van der Waals surface area contributed by atoms with Crippen LogP contribution in [0.25, 0.3) is 11.1 Å². The first-order valence-corrected chi connectivity index (χ1v) is 9.13. The molecule has 28 heavy (non-hydrogen) atoms. The molecule has 1 aliphatic heterocycles. The molecule has 2 aromatic carbocycles. The van der Waals surface area contributed by atoms with Crippen molar-refractivity contribution in [3.63, 3.8) is 0 Å². The van der Waals surface area contributed by atoms with Gasteiger partial charge in [0.15, 0.2) is 5.82 Å². The van der Waals surface area contributed by atoms with Crippen LogP contribution >= 0.6 is 0 Å². The first kappa shape index (κ1) is 17.9. The molecule has 4 rings (SSSR count). The number of H-pyrrole nitrogens is 1.